The molecule has 0 unspecified atom stereocenters. The van der Waals surface area contributed by atoms with Gasteiger partial charge < -0.3 is 30.2 Å². The Morgan fingerprint density at radius 3 is 0.919 bits per heavy atom. The molecule has 0 bridgehead atoms. The number of carbonyl (C=O) groups is 5. The zero-order valence-electron chi connectivity index (χ0n) is 21.8. The summed E-state index contributed by atoms with van der Waals surface area (Å²) < 4.78 is 22.7. The Bertz CT molecular complexity index is 975. The van der Waals surface area contributed by atoms with Crippen molar-refractivity contribution in [3.8, 4) is 0 Å². The molecule has 11 nitrogen and oxygen atoms in total. The van der Waals surface area contributed by atoms with Gasteiger partial charge in [0.1, 0.15) is 0 Å². The molecule has 13 heteroatoms. The van der Waals surface area contributed by atoms with Gasteiger partial charge in [0.25, 0.3) is 0 Å². The summed E-state index contributed by atoms with van der Waals surface area (Å²) in [5, 5.41) is 8.99. The maximum Gasteiger partial charge on any atom is 1.00 e. The van der Waals surface area contributed by atoms with Crippen LogP contribution in [0.4, 0.5) is 0 Å². The summed E-state index contributed by atoms with van der Waals surface area (Å²) in [6.07, 6.45) is 0. The second-order valence-electron chi connectivity index (χ2n) is 6.33. The van der Waals surface area contributed by atoms with Gasteiger partial charge in [0.05, 0.1) is 70.0 Å². The smallest absolute Gasteiger partial charge is 1.00 e. The first-order chi connectivity index (χ1) is 16.1. The van der Waals surface area contributed by atoms with Gasteiger partial charge in [-0.05, 0) is 42.0 Å². The first-order valence-corrected chi connectivity index (χ1v) is 9.47. The molecule has 37 heavy (non-hydrogen) atoms. The molecule has 0 aliphatic carbocycles. The van der Waals surface area contributed by atoms with E-state index in [2.05, 4.69) is 23.7 Å². The Kier molecular flexibility index (Phi) is 19.1. The molecule has 3 radical (unpaired) electrons. The predicted molar refractivity (Wildman–Crippen MR) is 129 cm³/mol. The maximum atomic E-state index is 11.4. The fourth-order valence-corrected chi connectivity index (χ4v) is 2.59. The van der Waals surface area contributed by atoms with E-state index in [9.17, 15) is 24.0 Å². The third-order valence-corrected chi connectivity index (χ3v) is 4.21. The van der Waals surface area contributed by atoms with Gasteiger partial charge in [-0.25, -0.2) is 24.0 Å². The van der Waals surface area contributed by atoms with E-state index in [-0.39, 0.29) is 70.6 Å². The first-order valence-electron chi connectivity index (χ1n) is 9.47. The topological polar surface area (TPSA) is 152 Å². The Labute approximate surface area is 230 Å². The van der Waals surface area contributed by atoms with Gasteiger partial charge in [-0.3, -0.25) is 0 Å². The number of hydrogen-bond acceptors (Lipinski definition) is 11. The zero-order chi connectivity index (χ0) is 25.8. The van der Waals surface area contributed by atoms with Crippen molar-refractivity contribution in [2.45, 2.75) is 14.0 Å². The van der Waals surface area contributed by atoms with Crippen molar-refractivity contribution in [3.63, 3.8) is 0 Å². The van der Waals surface area contributed by atoms with E-state index in [0.29, 0.717) is 5.56 Å². The molecule has 0 aromatic heterocycles. The fraction of sp³-hybridized carbons (Fsp3) is 0.292. The molecule has 2 rings (SSSR count). The van der Waals surface area contributed by atoms with Crippen LogP contribution in [0.15, 0.2) is 36.4 Å². The minimum absolute atomic E-state index is 0. The summed E-state index contributed by atoms with van der Waals surface area (Å²) in [6, 6.07) is 8.12. The van der Waals surface area contributed by atoms with E-state index in [1.807, 2.05) is 0 Å². The standard InChI is InChI=1S/C12H12O6.C11H12O5.CH4.B.Li.H/c1-16-10(13)7-4-8(11(14)17-2)6-9(5-7)12(15)18-3;1-15-10(13)8-3-7(6-12)4-9(5-8)11(14)16-2;;;;/h4-6H,1-3H3;3-5,12H,6H2,1-2H3;1H4;;;/q;;;;+1;-1. The number of rotatable bonds is 6. The molecule has 0 saturated carbocycles. The number of hydrogen-bond donors (Lipinski definition) is 1. The summed E-state index contributed by atoms with van der Waals surface area (Å²) in [6.45, 7) is -0.269. The zero-order valence-corrected chi connectivity index (χ0v) is 20.8. The largest absolute Gasteiger partial charge is 1.00 e. The van der Waals surface area contributed by atoms with Crippen molar-refractivity contribution >= 4 is 38.3 Å². The summed E-state index contributed by atoms with van der Waals surface area (Å²) in [7, 11) is 6.08. The molecular weight excluding hydrogens is 482 g/mol. The second-order valence-corrected chi connectivity index (χ2v) is 6.33. The summed E-state index contributed by atoms with van der Waals surface area (Å²) in [4.78, 5) is 56.8. The van der Waals surface area contributed by atoms with Crippen LogP contribution in [0.3, 0.4) is 0 Å². The third-order valence-electron chi connectivity index (χ3n) is 4.21. The van der Waals surface area contributed by atoms with Crippen LogP contribution in [0.25, 0.3) is 0 Å². The average molecular weight is 511 g/mol. The quantitative estimate of drug-likeness (QED) is 0.294. The van der Waals surface area contributed by atoms with Crippen molar-refractivity contribution in [1.82, 2.24) is 0 Å². The number of aliphatic hydroxyl groups is 1. The van der Waals surface area contributed by atoms with Crippen molar-refractivity contribution in [3.05, 3.63) is 69.8 Å². The fourth-order valence-electron chi connectivity index (χ4n) is 2.59. The molecule has 195 valence electrons. The van der Waals surface area contributed by atoms with Gasteiger partial charge in [-0.1, -0.05) is 7.43 Å². The van der Waals surface area contributed by atoms with Crippen LogP contribution < -0.4 is 18.9 Å². The minimum Gasteiger partial charge on any atom is -1.00 e. The van der Waals surface area contributed by atoms with Crippen LogP contribution in [0, 0.1) is 0 Å². The van der Waals surface area contributed by atoms with Gasteiger partial charge in [-0.15, -0.1) is 0 Å². The van der Waals surface area contributed by atoms with Crippen LogP contribution in [0.5, 0.6) is 0 Å². The molecule has 0 spiro atoms. The number of methoxy groups -OCH3 is 5. The van der Waals surface area contributed by atoms with Crippen LogP contribution in [0.2, 0.25) is 0 Å². The van der Waals surface area contributed by atoms with Crippen molar-refractivity contribution in [2.75, 3.05) is 35.5 Å². The molecule has 2 aromatic rings. The van der Waals surface area contributed by atoms with Crippen LogP contribution in [0.1, 0.15) is 66.2 Å². The van der Waals surface area contributed by atoms with E-state index in [4.69, 9.17) is 5.11 Å². The average Bonchev–Trinajstić information content (AvgIpc) is 2.90. The number of benzene rings is 2. The van der Waals surface area contributed by atoms with Gasteiger partial charge in [0.15, 0.2) is 0 Å². The number of carbonyl (C=O) groups excluding carboxylic acids is 5. The van der Waals surface area contributed by atoms with Gasteiger partial charge in [0, 0.05) is 8.41 Å². The molecule has 0 fully saturated rings. The SMILES string of the molecule is C.COC(=O)c1cc(C(=O)OC)cc(C(=O)OC)c1.COC(=O)c1cc(CO)cc(C(=O)OC)c1.[B].[H-].[Li+]. The van der Waals surface area contributed by atoms with E-state index in [1.165, 1.54) is 71.9 Å². The van der Waals surface area contributed by atoms with Crippen LogP contribution in [-0.2, 0) is 30.3 Å². The third kappa shape index (κ3) is 10.9. The Balaban J connectivity index is -0.000000277. The molecular formula is C24H29BLiO11. The molecule has 0 amide bonds. The Hall–Kier alpha value is -3.59. The van der Waals surface area contributed by atoms with E-state index in [0.717, 1.165) is 0 Å². The summed E-state index contributed by atoms with van der Waals surface area (Å²) in [5.74, 6) is -3.12. The van der Waals surface area contributed by atoms with E-state index in [1.54, 1.807) is 0 Å². The molecule has 0 atom stereocenters. The van der Waals surface area contributed by atoms with Crippen molar-refractivity contribution < 1.29 is 73.1 Å². The second kappa shape index (κ2) is 18.6. The van der Waals surface area contributed by atoms with Crippen molar-refractivity contribution in [2.24, 2.45) is 0 Å². The number of ether oxygens (including phenoxy) is 5. The Morgan fingerprint density at radius 1 is 0.568 bits per heavy atom. The molecule has 0 aliphatic heterocycles. The van der Waals surface area contributed by atoms with Crippen LogP contribution >= 0.6 is 0 Å². The van der Waals surface area contributed by atoms with Crippen LogP contribution in [-0.4, -0.2) is 78.9 Å². The van der Waals surface area contributed by atoms with E-state index >= 15 is 0 Å². The van der Waals surface area contributed by atoms with Gasteiger partial charge >= 0.3 is 48.7 Å². The molecule has 2 aromatic carbocycles. The normalized spacial score (nSPS) is 8.81. The molecule has 0 heterocycles. The first kappa shape index (κ1) is 38.0. The molecule has 1 N–H and O–H groups in total. The monoisotopic (exact) mass is 511 g/mol. The summed E-state index contributed by atoms with van der Waals surface area (Å²) in [5.41, 5.74) is 1.06. The molecule has 0 saturated heterocycles. The summed E-state index contributed by atoms with van der Waals surface area (Å²) >= 11 is 0. The number of aliphatic hydroxyl groups excluding tert-OH is 1. The van der Waals surface area contributed by atoms with E-state index < -0.39 is 29.8 Å². The van der Waals surface area contributed by atoms with Gasteiger partial charge in [-0.2, -0.15) is 0 Å². The Morgan fingerprint density at radius 2 is 0.757 bits per heavy atom. The number of esters is 5. The van der Waals surface area contributed by atoms with Crippen molar-refractivity contribution in [1.29, 1.82) is 0 Å². The maximum absolute atomic E-state index is 11.4. The minimum atomic E-state index is -0.661. The predicted octanol–water partition coefficient (Wildman–Crippen LogP) is -0.830. The molecule has 0 aliphatic rings. The van der Waals surface area contributed by atoms with Gasteiger partial charge in [0.2, 0.25) is 0 Å².